The molecular weight excluding hydrogens is 256 g/mol. The lowest BCUT2D eigenvalue weighted by molar-refractivity contribution is 0.0912. The van der Waals surface area contributed by atoms with Crippen LogP contribution in [0.5, 0.6) is 0 Å². The van der Waals surface area contributed by atoms with Crippen molar-refractivity contribution in [1.29, 1.82) is 0 Å². The highest BCUT2D eigenvalue weighted by Gasteiger charge is 2.14. The Kier molecular flexibility index (Phi) is 4.68. The van der Waals surface area contributed by atoms with E-state index >= 15 is 0 Å². The number of aldehydes is 1. The fourth-order valence-corrected chi connectivity index (χ4v) is 1.94. The van der Waals surface area contributed by atoms with Crippen LogP contribution in [0.1, 0.15) is 26.5 Å². The summed E-state index contributed by atoms with van der Waals surface area (Å²) < 4.78 is 0. The summed E-state index contributed by atoms with van der Waals surface area (Å²) in [5, 5.41) is 12.1. The topological polar surface area (TPSA) is 82.2 Å². The molecule has 1 unspecified atom stereocenters. The standard InChI is InChI=1S/C15H16N2O3/c18-9-12-6-7-14(16-12)15(20)17-13(10-19)8-11-4-2-1-3-5-11/h1-7,9,13,16,19H,8,10H2,(H,17,20). The molecule has 5 heteroatoms. The molecule has 1 amide bonds. The van der Waals surface area contributed by atoms with Crippen molar-refractivity contribution in [3.63, 3.8) is 0 Å². The number of amides is 1. The Balaban J connectivity index is 1.99. The molecule has 0 radical (unpaired) electrons. The van der Waals surface area contributed by atoms with Gasteiger partial charge in [-0.2, -0.15) is 0 Å². The maximum atomic E-state index is 12.0. The number of rotatable bonds is 6. The Bertz CT molecular complexity index is 578. The largest absolute Gasteiger partial charge is 0.394 e. The van der Waals surface area contributed by atoms with Crippen molar-refractivity contribution in [3.8, 4) is 0 Å². The van der Waals surface area contributed by atoms with Gasteiger partial charge >= 0.3 is 0 Å². The molecular formula is C15H16N2O3. The summed E-state index contributed by atoms with van der Waals surface area (Å²) in [7, 11) is 0. The molecule has 0 aliphatic heterocycles. The highest BCUT2D eigenvalue weighted by Crippen LogP contribution is 2.05. The van der Waals surface area contributed by atoms with Gasteiger partial charge in [-0.15, -0.1) is 0 Å². The van der Waals surface area contributed by atoms with Crippen LogP contribution in [0.25, 0.3) is 0 Å². The van der Waals surface area contributed by atoms with Gasteiger partial charge in [-0.3, -0.25) is 9.59 Å². The molecule has 0 saturated heterocycles. The maximum Gasteiger partial charge on any atom is 0.268 e. The minimum atomic E-state index is -0.368. The van der Waals surface area contributed by atoms with Gasteiger partial charge in [0.15, 0.2) is 6.29 Å². The summed E-state index contributed by atoms with van der Waals surface area (Å²) in [4.78, 5) is 25.2. The minimum absolute atomic E-state index is 0.151. The first-order valence-electron chi connectivity index (χ1n) is 6.32. The third-order valence-electron chi connectivity index (χ3n) is 2.96. The monoisotopic (exact) mass is 272 g/mol. The zero-order chi connectivity index (χ0) is 14.4. The van der Waals surface area contributed by atoms with E-state index < -0.39 is 0 Å². The van der Waals surface area contributed by atoms with E-state index in [-0.39, 0.29) is 18.6 Å². The lowest BCUT2D eigenvalue weighted by Crippen LogP contribution is -2.39. The Labute approximate surface area is 116 Å². The van der Waals surface area contributed by atoms with Crippen molar-refractivity contribution < 1.29 is 14.7 Å². The zero-order valence-corrected chi connectivity index (χ0v) is 10.9. The van der Waals surface area contributed by atoms with Crippen molar-refractivity contribution in [1.82, 2.24) is 10.3 Å². The summed E-state index contributed by atoms with van der Waals surface area (Å²) >= 11 is 0. The van der Waals surface area contributed by atoms with Crippen LogP contribution in [0, 0.1) is 0 Å². The van der Waals surface area contributed by atoms with Crippen LogP contribution in [-0.4, -0.2) is 34.9 Å². The molecule has 2 aromatic rings. The molecule has 0 fully saturated rings. The lowest BCUT2D eigenvalue weighted by Gasteiger charge is -2.15. The first-order chi connectivity index (χ1) is 9.72. The van der Waals surface area contributed by atoms with Gasteiger partial charge in [-0.25, -0.2) is 0 Å². The average Bonchev–Trinajstić information content (AvgIpc) is 2.96. The van der Waals surface area contributed by atoms with E-state index in [1.807, 2.05) is 30.3 Å². The fourth-order valence-electron chi connectivity index (χ4n) is 1.94. The summed E-state index contributed by atoms with van der Waals surface area (Å²) in [6, 6.07) is 12.3. The van der Waals surface area contributed by atoms with Crippen molar-refractivity contribution in [3.05, 3.63) is 59.4 Å². The van der Waals surface area contributed by atoms with Crippen LogP contribution in [0.15, 0.2) is 42.5 Å². The van der Waals surface area contributed by atoms with Crippen molar-refractivity contribution in [2.45, 2.75) is 12.5 Å². The number of nitrogens with one attached hydrogen (secondary N) is 2. The van der Waals surface area contributed by atoms with Crippen LogP contribution in [0.2, 0.25) is 0 Å². The summed E-state index contributed by atoms with van der Waals surface area (Å²) in [5.41, 5.74) is 1.68. The van der Waals surface area contributed by atoms with Crippen LogP contribution in [0.3, 0.4) is 0 Å². The molecule has 20 heavy (non-hydrogen) atoms. The van der Waals surface area contributed by atoms with E-state index in [0.717, 1.165) is 5.56 Å². The highest BCUT2D eigenvalue weighted by molar-refractivity contribution is 5.93. The van der Waals surface area contributed by atoms with Gasteiger partial charge in [-0.1, -0.05) is 30.3 Å². The molecule has 0 aliphatic carbocycles. The van der Waals surface area contributed by atoms with Gasteiger partial charge in [0.05, 0.1) is 18.3 Å². The fraction of sp³-hybridized carbons (Fsp3) is 0.200. The third kappa shape index (κ3) is 3.55. The van der Waals surface area contributed by atoms with Gasteiger partial charge in [0.2, 0.25) is 0 Å². The van der Waals surface area contributed by atoms with E-state index in [1.165, 1.54) is 12.1 Å². The van der Waals surface area contributed by atoms with Crippen molar-refractivity contribution >= 4 is 12.2 Å². The number of aromatic amines is 1. The summed E-state index contributed by atoms with van der Waals surface area (Å²) in [5.74, 6) is -0.340. The SMILES string of the molecule is O=Cc1ccc(C(=O)NC(CO)Cc2ccccc2)[nH]1. The van der Waals surface area contributed by atoms with Gasteiger partial charge in [0.25, 0.3) is 5.91 Å². The van der Waals surface area contributed by atoms with Gasteiger partial charge in [0.1, 0.15) is 5.69 Å². The number of aliphatic hydroxyl groups is 1. The van der Waals surface area contributed by atoms with Crippen LogP contribution < -0.4 is 5.32 Å². The molecule has 1 atom stereocenters. The number of carbonyl (C=O) groups excluding carboxylic acids is 2. The Morgan fingerprint density at radius 2 is 2.00 bits per heavy atom. The molecule has 0 bridgehead atoms. The zero-order valence-electron chi connectivity index (χ0n) is 10.9. The number of hydrogen-bond acceptors (Lipinski definition) is 3. The highest BCUT2D eigenvalue weighted by atomic mass is 16.3. The lowest BCUT2D eigenvalue weighted by atomic mass is 10.1. The van der Waals surface area contributed by atoms with Crippen LogP contribution in [-0.2, 0) is 6.42 Å². The number of aromatic nitrogens is 1. The number of hydrogen-bond donors (Lipinski definition) is 3. The van der Waals surface area contributed by atoms with Gasteiger partial charge < -0.3 is 15.4 Å². The summed E-state index contributed by atoms with van der Waals surface area (Å²) in [6.07, 6.45) is 1.19. The third-order valence-corrected chi connectivity index (χ3v) is 2.96. The first-order valence-corrected chi connectivity index (χ1v) is 6.32. The van der Waals surface area contributed by atoms with E-state index in [0.29, 0.717) is 24.1 Å². The van der Waals surface area contributed by atoms with E-state index in [1.54, 1.807) is 0 Å². The second-order valence-electron chi connectivity index (χ2n) is 4.49. The van der Waals surface area contributed by atoms with E-state index in [9.17, 15) is 14.7 Å². The molecule has 2 rings (SSSR count). The van der Waals surface area contributed by atoms with Gasteiger partial charge in [-0.05, 0) is 24.1 Å². The minimum Gasteiger partial charge on any atom is -0.394 e. The van der Waals surface area contributed by atoms with Crippen LogP contribution in [0.4, 0.5) is 0 Å². The van der Waals surface area contributed by atoms with Crippen molar-refractivity contribution in [2.24, 2.45) is 0 Å². The molecule has 0 spiro atoms. The number of H-pyrrole nitrogens is 1. The molecule has 104 valence electrons. The first kappa shape index (κ1) is 14.0. The molecule has 1 heterocycles. The van der Waals surface area contributed by atoms with Crippen molar-refractivity contribution in [2.75, 3.05) is 6.61 Å². The predicted octanol–water partition coefficient (Wildman–Crippen LogP) is 1.16. The van der Waals surface area contributed by atoms with E-state index in [4.69, 9.17) is 0 Å². The normalized spacial score (nSPS) is 11.8. The molecule has 0 saturated carbocycles. The van der Waals surface area contributed by atoms with Crippen LogP contribution >= 0.6 is 0 Å². The van der Waals surface area contributed by atoms with Gasteiger partial charge in [0, 0.05) is 0 Å². The number of carbonyl (C=O) groups is 2. The molecule has 1 aromatic carbocycles. The Hall–Kier alpha value is -2.40. The Morgan fingerprint density at radius 1 is 1.25 bits per heavy atom. The molecule has 1 aromatic heterocycles. The number of benzene rings is 1. The predicted molar refractivity (Wildman–Crippen MR) is 74.7 cm³/mol. The molecule has 3 N–H and O–H groups in total. The Morgan fingerprint density at radius 3 is 2.60 bits per heavy atom. The quantitative estimate of drug-likeness (QED) is 0.690. The summed E-state index contributed by atoms with van der Waals surface area (Å²) in [6.45, 7) is -0.151. The number of aliphatic hydroxyl groups excluding tert-OH is 1. The second-order valence-corrected chi connectivity index (χ2v) is 4.49. The average molecular weight is 272 g/mol. The van der Waals surface area contributed by atoms with E-state index in [2.05, 4.69) is 10.3 Å². The molecule has 5 nitrogen and oxygen atoms in total. The molecule has 0 aliphatic rings. The smallest absolute Gasteiger partial charge is 0.268 e. The second kappa shape index (κ2) is 6.68. The maximum absolute atomic E-state index is 12.0.